The highest BCUT2D eigenvalue weighted by Crippen LogP contribution is 2.34. The molecule has 1 N–H and O–H groups in total. The molecule has 0 amide bonds. The fourth-order valence-electron chi connectivity index (χ4n) is 2.85. The summed E-state index contributed by atoms with van der Waals surface area (Å²) in [5, 5.41) is 3.44. The van der Waals surface area contributed by atoms with Gasteiger partial charge in [-0.25, -0.2) is 0 Å². The molecule has 0 radical (unpaired) electrons. The van der Waals surface area contributed by atoms with Gasteiger partial charge in [0, 0.05) is 12.5 Å². The summed E-state index contributed by atoms with van der Waals surface area (Å²) in [7, 11) is 1.82. The number of hydrogen-bond acceptors (Lipinski definition) is 2. The molecule has 0 unspecified atom stereocenters. The van der Waals surface area contributed by atoms with Gasteiger partial charge in [-0.15, -0.1) is 12.4 Å². The van der Waals surface area contributed by atoms with Crippen LogP contribution in [0.4, 0.5) is 0 Å². The third-order valence-corrected chi connectivity index (χ3v) is 3.94. The Morgan fingerprint density at radius 3 is 2.50 bits per heavy atom. The lowest BCUT2D eigenvalue weighted by Gasteiger charge is -2.37. The summed E-state index contributed by atoms with van der Waals surface area (Å²) in [4.78, 5) is 0. The number of hydrogen-bond donors (Lipinski definition) is 1. The number of piperidine rings is 1. The molecular weight excluding hydrogens is 246 g/mol. The standard InChI is InChI=1S/C15H23NO.ClH/c1-13-5-3-4-6-14(13)11-15(12-17-2)7-9-16-10-8-15;/h3-6,16H,7-12H2,1-2H3;1H. The molecule has 0 bridgehead atoms. The predicted octanol–water partition coefficient (Wildman–Crippen LogP) is 2.98. The second kappa shape index (κ2) is 7.13. The van der Waals surface area contributed by atoms with Crippen LogP contribution < -0.4 is 5.32 Å². The fourth-order valence-corrected chi connectivity index (χ4v) is 2.85. The SMILES string of the molecule is COCC1(Cc2ccccc2C)CCNCC1.Cl. The molecule has 0 aromatic heterocycles. The summed E-state index contributed by atoms with van der Waals surface area (Å²) in [5.41, 5.74) is 3.22. The highest BCUT2D eigenvalue weighted by Gasteiger charge is 2.32. The molecule has 3 heteroatoms. The molecule has 2 nitrogen and oxygen atoms in total. The Balaban J connectivity index is 0.00000162. The van der Waals surface area contributed by atoms with Crippen molar-refractivity contribution in [3.8, 4) is 0 Å². The molecule has 0 aliphatic carbocycles. The first-order valence-electron chi connectivity index (χ1n) is 6.50. The first-order valence-corrected chi connectivity index (χ1v) is 6.50. The number of aryl methyl sites for hydroxylation is 1. The van der Waals surface area contributed by atoms with Crippen LogP contribution in [0.15, 0.2) is 24.3 Å². The summed E-state index contributed by atoms with van der Waals surface area (Å²) >= 11 is 0. The van der Waals surface area contributed by atoms with Crippen LogP contribution >= 0.6 is 12.4 Å². The fraction of sp³-hybridized carbons (Fsp3) is 0.600. The molecule has 2 rings (SSSR count). The van der Waals surface area contributed by atoms with E-state index in [1.165, 1.54) is 24.0 Å². The van der Waals surface area contributed by atoms with Crippen LogP contribution in [-0.2, 0) is 11.2 Å². The van der Waals surface area contributed by atoms with Crippen LogP contribution in [0.5, 0.6) is 0 Å². The molecule has 1 aliphatic heterocycles. The van der Waals surface area contributed by atoms with Crippen molar-refractivity contribution in [1.29, 1.82) is 0 Å². The van der Waals surface area contributed by atoms with E-state index in [2.05, 4.69) is 36.5 Å². The van der Waals surface area contributed by atoms with E-state index in [-0.39, 0.29) is 12.4 Å². The third kappa shape index (κ3) is 3.71. The monoisotopic (exact) mass is 269 g/mol. The Bertz CT molecular complexity index is 356. The van der Waals surface area contributed by atoms with Crippen molar-refractivity contribution in [3.05, 3.63) is 35.4 Å². The normalized spacial score (nSPS) is 18.1. The third-order valence-electron chi connectivity index (χ3n) is 3.94. The molecule has 0 saturated carbocycles. The lowest BCUT2D eigenvalue weighted by atomic mass is 9.74. The minimum atomic E-state index is 0. The summed E-state index contributed by atoms with van der Waals surface area (Å²) < 4.78 is 5.47. The van der Waals surface area contributed by atoms with Crippen LogP contribution in [0.25, 0.3) is 0 Å². The summed E-state index contributed by atoms with van der Waals surface area (Å²) in [5.74, 6) is 0. The van der Waals surface area contributed by atoms with Crippen LogP contribution in [-0.4, -0.2) is 26.8 Å². The predicted molar refractivity (Wildman–Crippen MR) is 78.5 cm³/mol. The van der Waals surface area contributed by atoms with Crippen molar-refractivity contribution in [2.45, 2.75) is 26.2 Å². The van der Waals surface area contributed by atoms with Crippen LogP contribution in [0.2, 0.25) is 0 Å². The number of methoxy groups -OCH3 is 1. The van der Waals surface area contributed by atoms with Gasteiger partial charge in [0.15, 0.2) is 0 Å². The topological polar surface area (TPSA) is 21.3 Å². The quantitative estimate of drug-likeness (QED) is 0.907. The van der Waals surface area contributed by atoms with E-state index < -0.39 is 0 Å². The van der Waals surface area contributed by atoms with E-state index in [1.807, 2.05) is 7.11 Å². The van der Waals surface area contributed by atoms with E-state index in [0.717, 1.165) is 26.1 Å². The second-order valence-electron chi connectivity index (χ2n) is 5.29. The molecule has 1 fully saturated rings. The summed E-state index contributed by atoms with van der Waals surface area (Å²) in [6, 6.07) is 8.72. The number of nitrogens with one attached hydrogen (secondary N) is 1. The van der Waals surface area contributed by atoms with Crippen LogP contribution in [0, 0.1) is 12.3 Å². The Labute approximate surface area is 117 Å². The number of benzene rings is 1. The minimum Gasteiger partial charge on any atom is -0.384 e. The van der Waals surface area contributed by atoms with E-state index in [4.69, 9.17) is 4.74 Å². The van der Waals surface area contributed by atoms with Gasteiger partial charge in [-0.1, -0.05) is 24.3 Å². The zero-order valence-electron chi connectivity index (χ0n) is 11.4. The number of ether oxygens (including phenoxy) is 1. The van der Waals surface area contributed by atoms with Crippen molar-refractivity contribution in [2.75, 3.05) is 26.8 Å². The average molecular weight is 270 g/mol. The molecule has 0 atom stereocenters. The smallest absolute Gasteiger partial charge is 0.0522 e. The van der Waals surface area contributed by atoms with Crippen LogP contribution in [0.3, 0.4) is 0 Å². The molecule has 1 aromatic rings. The van der Waals surface area contributed by atoms with Crippen LogP contribution in [0.1, 0.15) is 24.0 Å². The van der Waals surface area contributed by atoms with Gasteiger partial charge < -0.3 is 10.1 Å². The Kier molecular flexibility index (Phi) is 6.13. The largest absolute Gasteiger partial charge is 0.384 e. The van der Waals surface area contributed by atoms with Gasteiger partial charge in [0.05, 0.1) is 6.61 Å². The highest BCUT2D eigenvalue weighted by molar-refractivity contribution is 5.85. The Morgan fingerprint density at radius 1 is 1.22 bits per heavy atom. The van der Waals surface area contributed by atoms with Gasteiger partial charge in [-0.05, 0) is 50.4 Å². The van der Waals surface area contributed by atoms with Gasteiger partial charge in [0.25, 0.3) is 0 Å². The van der Waals surface area contributed by atoms with Gasteiger partial charge >= 0.3 is 0 Å². The van der Waals surface area contributed by atoms with Gasteiger partial charge in [-0.2, -0.15) is 0 Å². The summed E-state index contributed by atoms with van der Waals surface area (Å²) in [6.07, 6.45) is 3.58. The maximum Gasteiger partial charge on any atom is 0.0522 e. The van der Waals surface area contributed by atoms with E-state index in [0.29, 0.717) is 5.41 Å². The van der Waals surface area contributed by atoms with Crippen molar-refractivity contribution in [2.24, 2.45) is 5.41 Å². The lowest BCUT2D eigenvalue weighted by molar-refractivity contribution is 0.0539. The van der Waals surface area contributed by atoms with E-state index in [9.17, 15) is 0 Å². The molecule has 1 aliphatic rings. The highest BCUT2D eigenvalue weighted by atomic mass is 35.5. The van der Waals surface area contributed by atoms with E-state index in [1.54, 1.807) is 0 Å². The van der Waals surface area contributed by atoms with Crippen molar-refractivity contribution >= 4 is 12.4 Å². The maximum atomic E-state index is 5.47. The van der Waals surface area contributed by atoms with Gasteiger partial charge in [0.2, 0.25) is 0 Å². The molecule has 1 heterocycles. The zero-order chi connectivity index (χ0) is 12.1. The molecular formula is C15H24ClNO. The lowest BCUT2D eigenvalue weighted by Crippen LogP contribution is -2.41. The number of halogens is 1. The van der Waals surface area contributed by atoms with Gasteiger partial charge in [0.1, 0.15) is 0 Å². The first kappa shape index (κ1) is 15.5. The van der Waals surface area contributed by atoms with Crippen molar-refractivity contribution < 1.29 is 4.74 Å². The molecule has 1 saturated heterocycles. The molecule has 1 aromatic carbocycles. The van der Waals surface area contributed by atoms with Gasteiger partial charge in [-0.3, -0.25) is 0 Å². The Hall–Kier alpha value is -0.570. The minimum absolute atomic E-state index is 0. The van der Waals surface area contributed by atoms with Crippen molar-refractivity contribution in [1.82, 2.24) is 5.32 Å². The average Bonchev–Trinajstić information content (AvgIpc) is 2.34. The molecule has 18 heavy (non-hydrogen) atoms. The first-order chi connectivity index (χ1) is 8.26. The zero-order valence-corrected chi connectivity index (χ0v) is 12.2. The van der Waals surface area contributed by atoms with Crippen molar-refractivity contribution in [3.63, 3.8) is 0 Å². The number of rotatable bonds is 4. The second-order valence-corrected chi connectivity index (χ2v) is 5.29. The Morgan fingerprint density at radius 2 is 1.89 bits per heavy atom. The maximum absolute atomic E-state index is 5.47. The van der Waals surface area contributed by atoms with E-state index >= 15 is 0 Å². The summed E-state index contributed by atoms with van der Waals surface area (Å²) in [6.45, 7) is 5.32. The molecule has 0 spiro atoms. The molecule has 102 valence electrons.